The molecule has 132 valence electrons. The molecule has 26 heavy (non-hydrogen) atoms. The summed E-state index contributed by atoms with van der Waals surface area (Å²) in [5.41, 5.74) is 1.22. The van der Waals surface area contributed by atoms with Crippen molar-refractivity contribution in [2.45, 2.75) is 13.0 Å². The fourth-order valence-corrected chi connectivity index (χ4v) is 2.78. The van der Waals surface area contributed by atoms with Gasteiger partial charge in [-0.1, -0.05) is 30.3 Å². The van der Waals surface area contributed by atoms with Gasteiger partial charge in [0, 0.05) is 11.9 Å². The number of rotatable bonds is 5. The minimum absolute atomic E-state index is 0.0573. The predicted octanol–water partition coefficient (Wildman–Crippen LogP) is 4.19. The molecule has 3 rings (SSSR count). The number of halogens is 1. The summed E-state index contributed by atoms with van der Waals surface area (Å²) in [4.78, 5) is 23.5. The number of aromatic nitrogens is 1. The fraction of sp³-hybridized carbons (Fsp3) is 0.100. The molecule has 1 heterocycles. The normalized spacial score (nSPS) is 11.8. The molecule has 3 aromatic rings. The highest BCUT2D eigenvalue weighted by atomic mass is 19.1. The van der Waals surface area contributed by atoms with Gasteiger partial charge in [-0.15, -0.1) is 0 Å². The molecule has 6 heteroatoms. The Labute approximate surface area is 149 Å². The number of nitrogens with zero attached hydrogens (tertiary/aromatic N) is 1. The number of nitrogens with one attached hydrogen (secondary N) is 1. The maximum atomic E-state index is 13.8. The molecular formula is C20H17FN2O3. The lowest BCUT2D eigenvalue weighted by Crippen LogP contribution is -2.19. The van der Waals surface area contributed by atoms with Gasteiger partial charge in [-0.3, -0.25) is 4.79 Å². The first-order chi connectivity index (χ1) is 12.5. The zero-order valence-corrected chi connectivity index (χ0v) is 14.0. The molecule has 0 radical (unpaired) electrons. The number of carboxylic acid groups (broad SMARTS) is 1. The average Bonchev–Trinajstić information content (AvgIpc) is 3.11. The Balaban J connectivity index is 1.83. The number of amides is 1. The molecule has 1 atom stereocenters. The number of hydrogen-bond acceptors (Lipinski definition) is 2. The van der Waals surface area contributed by atoms with Gasteiger partial charge in [0.05, 0.1) is 11.6 Å². The summed E-state index contributed by atoms with van der Waals surface area (Å²) in [7, 11) is 0. The third-order valence-electron chi connectivity index (χ3n) is 4.17. The minimum Gasteiger partial charge on any atom is -0.478 e. The van der Waals surface area contributed by atoms with Gasteiger partial charge in [0.15, 0.2) is 0 Å². The highest BCUT2D eigenvalue weighted by molar-refractivity contribution is 6.03. The van der Waals surface area contributed by atoms with Crippen LogP contribution in [0.4, 0.5) is 10.1 Å². The van der Waals surface area contributed by atoms with E-state index in [0.717, 1.165) is 17.7 Å². The lowest BCUT2D eigenvalue weighted by Gasteiger charge is -2.18. The zero-order valence-electron chi connectivity index (χ0n) is 14.0. The number of carbonyl (C=O) groups is 2. The number of anilines is 1. The minimum atomic E-state index is -1.36. The van der Waals surface area contributed by atoms with Crippen LogP contribution in [0.15, 0.2) is 66.9 Å². The van der Waals surface area contributed by atoms with Crippen LogP contribution in [-0.2, 0) is 0 Å². The van der Waals surface area contributed by atoms with Gasteiger partial charge < -0.3 is 15.0 Å². The van der Waals surface area contributed by atoms with E-state index in [1.807, 2.05) is 41.8 Å². The maximum Gasteiger partial charge on any atom is 0.338 e. The molecule has 2 N–H and O–H groups in total. The van der Waals surface area contributed by atoms with Crippen LogP contribution in [0.1, 0.15) is 39.4 Å². The number of hydrogen-bond donors (Lipinski definition) is 2. The van der Waals surface area contributed by atoms with Crippen molar-refractivity contribution >= 4 is 17.6 Å². The molecular weight excluding hydrogens is 335 g/mol. The van der Waals surface area contributed by atoms with Crippen LogP contribution in [0.2, 0.25) is 0 Å². The van der Waals surface area contributed by atoms with E-state index >= 15 is 0 Å². The Kier molecular flexibility index (Phi) is 4.84. The van der Waals surface area contributed by atoms with E-state index in [2.05, 4.69) is 5.32 Å². The van der Waals surface area contributed by atoms with Crippen molar-refractivity contribution in [3.05, 3.63) is 89.5 Å². The molecule has 0 spiro atoms. The van der Waals surface area contributed by atoms with Crippen molar-refractivity contribution in [2.75, 3.05) is 5.32 Å². The van der Waals surface area contributed by atoms with Crippen molar-refractivity contribution in [1.29, 1.82) is 0 Å². The molecule has 1 aromatic heterocycles. The van der Waals surface area contributed by atoms with E-state index in [4.69, 9.17) is 5.11 Å². The summed E-state index contributed by atoms with van der Waals surface area (Å²) in [5.74, 6) is -2.66. The second-order valence-electron chi connectivity index (χ2n) is 5.84. The molecule has 5 nitrogen and oxygen atoms in total. The van der Waals surface area contributed by atoms with E-state index in [0.29, 0.717) is 5.69 Å². The number of benzene rings is 2. The maximum absolute atomic E-state index is 13.8. The van der Waals surface area contributed by atoms with E-state index in [9.17, 15) is 14.0 Å². The van der Waals surface area contributed by atoms with Crippen LogP contribution in [0.5, 0.6) is 0 Å². The third kappa shape index (κ3) is 3.49. The van der Waals surface area contributed by atoms with Crippen LogP contribution >= 0.6 is 0 Å². The first-order valence-electron chi connectivity index (χ1n) is 8.03. The lowest BCUT2D eigenvalue weighted by molar-refractivity contribution is 0.0692. The number of carboxylic acids is 1. The zero-order chi connectivity index (χ0) is 18.7. The molecule has 1 amide bonds. The van der Waals surface area contributed by atoms with Gasteiger partial charge in [0.1, 0.15) is 11.5 Å². The highest BCUT2D eigenvalue weighted by Crippen LogP contribution is 2.21. The van der Waals surface area contributed by atoms with Gasteiger partial charge in [-0.25, -0.2) is 9.18 Å². The van der Waals surface area contributed by atoms with Crippen molar-refractivity contribution < 1.29 is 19.1 Å². The molecule has 0 unspecified atom stereocenters. The van der Waals surface area contributed by atoms with Crippen LogP contribution in [0, 0.1) is 5.82 Å². The van der Waals surface area contributed by atoms with Crippen molar-refractivity contribution in [3.63, 3.8) is 0 Å². The molecule has 2 aromatic carbocycles. The lowest BCUT2D eigenvalue weighted by atomic mass is 10.1. The first-order valence-corrected chi connectivity index (χ1v) is 8.03. The summed E-state index contributed by atoms with van der Waals surface area (Å²) < 4.78 is 15.6. The third-order valence-corrected chi connectivity index (χ3v) is 4.17. The van der Waals surface area contributed by atoms with Crippen molar-refractivity contribution in [3.8, 4) is 0 Å². The second kappa shape index (κ2) is 7.23. The standard InChI is InChI=1S/C20H17FN2O3/c1-13(14-6-3-2-4-7-14)23-11-5-8-18(23)19(24)22-15-9-10-16(20(25)26)17(21)12-15/h2-13H,1H3,(H,22,24)(H,25,26)/t13-/m1/s1. The summed E-state index contributed by atoms with van der Waals surface area (Å²) >= 11 is 0. The number of aromatic carboxylic acids is 1. The Bertz CT molecular complexity index is 951. The smallest absolute Gasteiger partial charge is 0.338 e. The second-order valence-corrected chi connectivity index (χ2v) is 5.84. The highest BCUT2D eigenvalue weighted by Gasteiger charge is 2.17. The number of carbonyl (C=O) groups excluding carboxylic acids is 1. The Morgan fingerprint density at radius 2 is 1.81 bits per heavy atom. The van der Waals surface area contributed by atoms with Gasteiger partial charge in [0.25, 0.3) is 5.91 Å². The first kappa shape index (κ1) is 17.4. The summed E-state index contributed by atoms with van der Waals surface area (Å²) in [6.45, 7) is 1.98. The van der Waals surface area contributed by atoms with Gasteiger partial charge in [0.2, 0.25) is 0 Å². The largest absolute Gasteiger partial charge is 0.478 e. The van der Waals surface area contributed by atoms with Crippen molar-refractivity contribution in [2.24, 2.45) is 0 Å². The predicted molar refractivity (Wildman–Crippen MR) is 96.0 cm³/mol. The quantitative estimate of drug-likeness (QED) is 0.723. The van der Waals surface area contributed by atoms with Crippen LogP contribution in [0.3, 0.4) is 0 Å². The Morgan fingerprint density at radius 3 is 2.46 bits per heavy atom. The van der Waals surface area contributed by atoms with Crippen LogP contribution in [0.25, 0.3) is 0 Å². The molecule has 0 saturated carbocycles. The van der Waals surface area contributed by atoms with E-state index in [1.165, 1.54) is 6.07 Å². The van der Waals surface area contributed by atoms with Gasteiger partial charge in [-0.05, 0) is 42.8 Å². The van der Waals surface area contributed by atoms with Gasteiger partial charge >= 0.3 is 5.97 Å². The van der Waals surface area contributed by atoms with Gasteiger partial charge in [-0.2, -0.15) is 0 Å². The molecule has 0 aliphatic carbocycles. The van der Waals surface area contributed by atoms with E-state index in [-0.39, 0.29) is 11.7 Å². The molecule has 0 saturated heterocycles. The summed E-state index contributed by atoms with van der Waals surface area (Å²) in [6.07, 6.45) is 1.81. The van der Waals surface area contributed by atoms with Crippen LogP contribution in [-0.4, -0.2) is 21.6 Å². The topological polar surface area (TPSA) is 71.3 Å². The van der Waals surface area contributed by atoms with E-state index < -0.39 is 23.3 Å². The van der Waals surface area contributed by atoms with Crippen molar-refractivity contribution in [1.82, 2.24) is 4.57 Å². The Morgan fingerprint density at radius 1 is 1.08 bits per heavy atom. The SMILES string of the molecule is C[C@H](c1ccccc1)n1cccc1C(=O)Nc1ccc(C(=O)O)c(F)c1. The van der Waals surface area contributed by atoms with Crippen LogP contribution < -0.4 is 5.32 Å². The summed E-state index contributed by atoms with van der Waals surface area (Å²) in [5, 5.41) is 11.5. The fourth-order valence-electron chi connectivity index (χ4n) is 2.78. The Hall–Kier alpha value is -3.41. The average molecular weight is 352 g/mol. The molecule has 0 aliphatic rings. The molecule has 0 fully saturated rings. The summed E-state index contributed by atoms with van der Waals surface area (Å²) in [6, 6.07) is 16.6. The van der Waals surface area contributed by atoms with E-state index in [1.54, 1.807) is 18.3 Å². The monoisotopic (exact) mass is 352 g/mol. The molecule has 0 aliphatic heterocycles. The molecule has 0 bridgehead atoms.